The Morgan fingerprint density at radius 2 is 2.47 bits per heavy atom. The van der Waals surface area contributed by atoms with Crippen molar-refractivity contribution < 1.29 is 9.53 Å². The van der Waals surface area contributed by atoms with E-state index in [1.165, 1.54) is 0 Å². The minimum Gasteiger partial charge on any atom is -0.384 e. The Labute approximate surface area is 121 Å². The smallest absolute Gasteiger partial charge is 0.257 e. The predicted octanol–water partition coefficient (Wildman–Crippen LogP) is 1.99. The average molecular weight is 328 g/mol. The molecule has 1 aromatic rings. The highest BCUT2D eigenvalue weighted by Gasteiger charge is 2.28. The first-order valence-corrected chi connectivity index (χ1v) is 7.06. The van der Waals surface area contributed by atoms with Crippen LogP contribution in [0.2, 0.25) is 0 Å². The summed E-state index contributed by atoms with van der Waals surface area (Å²) in [6, 6.07) is 1.81. The number of hydrogen-bond donors (Lipinski definition) is 1. The van der Waals surface area contributed by atoms with E-state index in [0.29, 0.717) is 23.9 Å². The quantitative estimate of drug-likeness (QED) is 0.918. The Morgan fingerprint density at radius 3 is 3.16 bits per heavy atom. The van der Waals surface area contributed by atoms with Crippen LogP contribution < -0.4 is 5.32 Å². The molecule has 1 unspecified atom stereocenters. The summed E-state index contributed by atoms with van der Waals surface area (Å²) in [6.45, 7) is 2.24. The van der Waals surface area contributed by atoms with Crippen molar-refractivity contribution in [1.82, 2.24) is 9.88 Å². The van der Waals surface area contributed by atoms with E-state index in [1.807, 2.05) is 11.0 Å². The lowest BCUT2D eigenvalue weighted by Gasteiger charge is -2.18. The SMILES string of the molecule is CNc1ncc(Br)cc1C(=O)N1CCC(COC)C1. The van der Waals surface area contributed by atoms with Crippen molar-refractivity contribution in [1.29, 1.82) is 0 Å². The normalized spacial score (nSPS) is 18.7. The first-order chi connectivity index (χ1) is 9.15. The highest BCUT2D eigenvalue weighted by atomic mass is 79.9. The number of aromatic nitrogens is 1. The minimum atomic E-state index is 0.0248. The number of likely N-dealkylation sites (tertiary alicyclic amines) is 1. The summed E-state index contributed by atoms with van der Waals surface area (Å²) in [6.07, 6.45) is 2.68. The standard InChI is InChI=1S/C13H18BrN3O2/c1-15-12-11(5-10(14)6-16-12)13(18)17-4-3-9(7-17)8-19-2/h5-6,9H,3-4,7-8H2,1-2H3,(H,15,16). The maximum absolute atomic E-state index is 12.5. The molecule has 0 radical (unpaired) electrons. The highest BCUT2D eigenvalue weighted by molar-refractivity contribution is 9.10. The monoisotopic (exact) mass is 327 g/mol. The molecule has 1 N–H and O–H groups in total. The number of pyridine rings is 1. The van der Waals surface area contributed by atoms with Gasteiger partial charge in [0.05, 0.1) is 12.2 Å². The number of hydrogen-bond acceptors (Lipinski definition) is 4. The highest BCUT2D eigenvalue weighted by Crippen LogP contribution is 2.23. The maximum Gasteiger partial charge on any atom is 0.257 e. The van der Waals surface area contributed by atoms with E-state index >= 15 is 0 Å². The van der Waals surface area contributed by atoms with Crippen LogP contribution in [0.15, 0.2) is 16.7 Å². The van der Waals surface area contributed by atoms with Crippen LogP contribution in [-0.2, 0) is 4.74 Å². The zero-order chi connectivity index (χ0) is 13.8. The van der Waals surface area contributed by atoms with Gasteiger partial charge in [0.25, 0.3) is 5.91 Å². The van der Waals surface area contributed by atoms with Crippen molar-refractivity contribution in [2.24, 2.45) is 5.92 Å². The third kappa shape index (κ3) is 3.25. The molecule has 6 heteroatoms. The number of halogens is 1. The number of anilines is 1. The Balaban J connectivity index is 2.14. The van der Waals surface area contributed by atoms with Gasteiger partial charge in [0, 0.05) is 43.8 Å². The molecule has 19 heavy (non-hydrogen) atoms. The fraction of sp³-hybridized carbons (Fsp3) is 0.538. The molecule has 5 nitrogen and oxygen atoms in total. The summed E-state index contributed by atoms with van der Waals surface area (Å²) < 4.78 is 5.96. The lowest BCUT2D eigenvalue weighted by atomic mass is 10.1. The molecule has 1 atom stereocenters. The Morgan fingerprint density at radius 1 is 1.68 bits per heavy atom. The summed E-state index contributed by atoms with van der Waals surface area (Å²) in [4.78, 5) is 18.6. The molecular weight excluding hydrogens is 310 g/mol. The number of carbonyl (C=O) groups is 1. The minimum absolute atomic E-state index is 0.0248. The van der Waals surface area contributed by atoms with E-state index in [4.69, 9.17) is 4.74 Å². The molecule has 0 aromatic carbocycles. The topological polar surface area (TPSA) is 54.5 Å². The molecule has 0 bridgehead atoms. The second kappa shape index (κ2) is 6.34. The van der Waals surface area contributed by atoms with Crippen LogP contribution in [0.3, 0.4) is 0 Å². The van der Waals surface area contributed by atoms with Crippen molar-refractivity contribution in [2.75, 3.05) is 39.2 Å². The summed E-state index contributed by atoms with van der Waals surface area (Å²) in [5, 5.41) is 2.96. The molecule has 1 saturated heterocycles. The number of methoxy groups -OCH3 is 1. The van der Waals surface area contributed by atoms with Crippen LogP contribution in [0.4, 0.5) is 5.82 Å². The van der Waals surface area contributed by atoms with Crippen LogP contribution >= 0.6 is 15.9 Å². The van der Waals surface area contributed by atoms with Gasteiger partial charge >= 0.3 is 0 Å². The first kappa shape index (κ1) is 14.3. The van der Waals surface area contributed by atoms with Gasteiger partial charge in [0.15, 0.2) is 0 Å². The summed E-state index contributed by atoms with van der Waals surface area (Å²) >= 11 is 3.36. The van der Waals surface area contributed by atoms with Crippen molar-refractivity contribution in [2.45, 2.75) is 6.42 Å². The van der Waals surface area contributed by atoms with Gasteiger partial charge in [-0.15, -0.1) is 0 Å². The van der Waals surface area contributed by atoms with Crippen LogP contribution in [0.1, 0.15) is 16.8 Å². The Bertz CT molecular complexity index is 467. The molecule has 0 aliphatic carbocycles. The molecular formula is C13H18BrN3O2. The van der Waals surface area contributed by atoms with E-state index in [2.05, 4.69) is 26.2 Å². The van der Waals surface area contributed by atoms with Gasteiger partial charge in [-0.1, -0.05) is 0 Å². The van der Waals surface area contributed by atoms with Crippen molar-refractivity contribution >= 4 is 27.7 Å². The lowest BCUT2D eigenvalue weighted by Crippen LogP contribution is -2.30. The third-order valence-corrected chi connectivity index (χ3v) is 3.73. The van der Waals surface area contributed by atoms with E-state index < -0.39 is 0 Å². The molecule has 0 saturated carbocycles. The van der Waals surface area contributed by atoms with E-state index in [1.54, 1.807) is 20.4 Å². The summed E-state index contributed by atoms with van der Waals surface area (Å²) in [5.74, 6) is 1.08. The van der Waals surface area contributed by atoms with Crippen LogP contribution in [0.25, 0.3) is 0 Å². The average Bonchev–Trinajstić information content (AvgIpc) is 2.87. The Hall–Kier alpha value is -1.14. The maximum atomic E-state index is 12.5. The molecule has 1 aliphatic rings. The van der Waals surface area contributed by atoms with Crippen LogP contribution in [0, 0.1) is 5.92 Å². The van der Waals surface area contributed by atoms with E-state index in [9.17, 15) is 4.79 Å². The third-order valence-electron chi connectivity index (χ3n) is 3.30. The Kier molecular flexibility index (Phi) is 4.76. The van der Waals surface area contributed by atoms with Crippen molar-refractivity contribution in [3.63, 3.8) is 0 Å². The number of ether oxygens (including phenoxy) is 1. The zero-order valence-electron chi connectivity index (χ0n) is 11.1. The van der Waals surface area contributed by atoms with Crippen molar-refractivity contribution in [3.8, 4) is 0 Å². The second-order valence-electron chi connectivity index (χ2n) is 4.66. The van der Waals surface area contributed by atoms with Gasteiger partial charge in [-0.3, -0.25) is 4.79 Å². The number of nitrogens with one attached hydrogen (secondary N) is 1. The number of rotatable bonds is 4. The van der Waals surface area contributed by atoms with Crippen LogP contribution in [0.5, 0.6) is 0 Å². The van der Waals surface area contributed by atoms with Crippen LogP contribution in [-0.4, -0.2) is 49.6 Å². The molecule has 0 spiro atoms. The summed E-state index contributed by atoms with van der Waals surface area (Å²) in [7, 11) is 3.46. The zero-order valence-corrected chi connectivity index (χ0v) is 12.7. The van der Waals surface area contributed by atoms with Crippen molar-refractivity contribution in [3.05, 3.63) is 22.3 Å². The van der Waals surface area contributed by atoms with Gasteiger partial charge < -0.3 is 15.0 Å². The van der Waals surface area contributed by atoms with E-state index in [0.717, 1.165) is 24.0 Å². The predicted molar refractivity (Wildman–Crippen MR) is 77.4 cm³/mol. The molecule has 104 valence electrons. The van der Waals surface area contributed by atoms with Gasteiger partial charge in [-0.05, 0) is 28.4 Å². The fourth-order valence-electron chi connectivity index (χ4n) is 2.36. The molecule has 1 amide bonds. The lowest BCUT2D eigenvalue weighted by molar-refractivity contribution is 0.0776. The summed E-state index contributed by atoms with van der Waals surface area (Å²) in [5.41, 5.74) is 0.606. The molecule has 2 heterocycles. The molecule has 1 fully saturated rings. The molecule has 1 aromatic heterocycles. The first-order valence-electron chi connectivity index (χ1n) is 6.27. The second-order valence-corrected chi connectivity index (χ2v) is 5.58. The number of nitrogens with zero attached hydrogens (tertiary/aromatic N) is 2. The van der Waals surface area contributed by atoms with E-state index in [-0.39, 0.29) is 5.91 Å². The van der Waals surface area contributed by atoms with Gasteiger partial charge in [0.2, 0.25) is 0 Å². The molecule has 1 aliphatic heterocycles. The number of carbonyl (C=O) groups excluding carboxylic acids is 1. The van der Waals surface area contributed by atoms with Gasteiger partial charge in [-0.2, -0.15) is 0 Å². The number of amides is 1. The largest absolute Gasteiger partial charge is 0.384 e. The van der Waals surface area contributed by atoms with Gasteiger partial charge in [0.1, 0.15) is 5.82 Å². The van der Waals surface area contributed by atoms with Gasteiger partial charge in [-0.25, -0.2) is 4.98 Å². The fourth-order valence-corrected chi connectivity index (χ4v) is 2.69. The molecule has 2 rings (SSSR count).